The molecule has 0 saturated carbocycles. The Balaban J connectivity index is 1.77. The molecule has 0 fully saturated rings. The Morgan fingerprint density at radius 1 is 1.16 bits per heavy atom. The topological polar surface area (TPSA) is 78.5 Å². The molecule has 1 atom stereocenters. The molecule has 0 spiro atoms. The van der Waals surface area contributed by atoms with E-state index in [0.717, 1.165) is 16.0 Å². The second kappa shape index (κ2) is 10.5. The highest BCUT2D eigenvalue weighted by Gasteiger charge is 2.19. The minimum atomic E-state index is -0.591. The molecule has 7 heteroatoms. The van der Waals surface area contributed by atoms with Gasteiger partial charge in [0.05, 0.1) is 24.6 Å². The standard InChI is InChI=1S/C24H33N3O3S/c1-15(2)12-30-13-19(28)10-27(16(3)4)11-21-25-23(29)22-20(14-31-24(22)26-21)18-8-6-17(5)7-9-18/h6-9,14-16,19,28H,10-13H2,1-5H3,(H,25,26,29). The lowest BCUT2D eigenvalue weighted by atomic mass is 10.1. The number of aryl methyl sites for hydroxylation is 1. The maximum atomic E-state index is 12.9. The highest BCUT2D eigenvalue weighted by atomic mass is 32.1. The third-order valence-corrected chi connectivity index (χ3v) is 6.02. The second-order valence-corrected chi connectivity index (χ2v) is 9.67. The number of ether oxygens (including phenoxy) is 1. The van der Waals surface area contributed by atoms with Gasteiger partial charge >= 0.3 is 0 Å². The number of H-pyrrole nitrogens is 1. The van der Waals surface area contributed by atoms with Gasteiger partial charge in [-0.1, -0.05) is 43.7 Å². The smallest absolute Gasteiger partial charge is 0.260 e. The summed E-state index contributed by atoms with van der Waals surface area (Å²) in [4.78, 5) is 23.4. The number of aliphatic hydroxyl groups excluding tert-OH is 1. The molecule has 0 bridgehead atoms. The average molecular weight is 444 g/mol. The van der Waals surface area contributed by atoms with Gasteiger partial charge in [0, 0.05) is 30.1 Å². The van der Waals surface area contributed by atoms with E-state index in [4.69, 9.17) is 9.72 Å². The molecule has 3 rings (SSSR count). The van der Waals surface area contributed by atoms with Crippen LogP contribution in [0.4, 0.5) is 0 Å². The minimum Gasteiger partial charge on any atom is -0.389 e. The van der Waals surface area contributed by atoms with Crippen molar-refractivity contribution in [3.63, 3.8) is 0 Å². The first-order valence-corrected chi connectivity index (χ1v) is 11.7. The summed E-state index contributed by atoms with van der Waals surface area (Å²) in [7, 11) is 0. The maximum Gasteiger partial charge on any atom is 0.260 e. The Morgan fingerprint density at radius 2 is 1.87 bits per heavy atom. The van der Waals surface area contributed by atoms with Gasteiger partial charge < -0.3 is 14.8 Å². The molecule has 168 valence electrons. The van der Waals surface area contributed by atoms with Crippen LogP contribution in [0, 0.1) is 12.8 Å². The number of hydrogen-bond acceptors (Lipinski definition) is 6. The Morgan fingerprint density at radius 3 is 2.52 bits per heavy atom. The SMILES string of the molecule is Cc1ccc(-c2csc3nc(CN(CC(O)COCC(C)C)C(C)C)[nH]c(=O)c23)cc1. The van der Waals surface area contributed by atoms with Crippen molar-refractivity contribution in [2.75, 3.05) is 19.8 Å². The zero-order chi connectivity index (χ0) is 22.5. The predicted molar refractivity (Wildman–Crippen MR) is 128 cm³/mol. The molecule has 0 radical (unpaired) electrons. The molecule has 6 nitrogen and oxygen atoms in total. The van der Waals surface area contributed by atoms with Crippen LogP contribution in [0.15, 0.2) is 34.4 Å². The molecule has 1 unspecified atom stereocenters. The van der Waals surface area contributed by atoms with Crippen molar-refractivity contribution in [2.45, 2.75) is 53.3 Å². The van der Waals surface area contributed by atoms with Crippen LogP contribution in [0.1, 0.15) is 39.1 Å². The highest BCUT2D eigenvalue weighted by molar-refractivity contribution is 7.17. The van der Waals surface area contributed by atoms with Crippen LogP contribution in [-0.2, 0) is 11.3 Å². The van der Waals surface area contributed by atoms with Crippen LogP contribution in [0.2, 0.25) is 0 Å². The van der Waals surface area contributed by atoms with Crippen molar-refractivity contribution in [1.82, 2.24) is 14.9 Å². The Kier molecular flexibility index (Phi) is 8.00. The number of thiophene rings is 1. The molecule has 3 aromatic rings. The van der Waals surface area contributed by atoms with Crippen molar-refractivity contribution in [1.29, 1.82) is 0 Å². The monoisotopic (exact) mass is 443 g/mol. The van der Waals surface area contributed by atoms with E-state index in [1.54, 1.807) is 0 Å². The summed E-state index contributed by atoms with van der Waals surface area (Å²) in [5.74, 6) is 1.05. The van der Waals surface area contributed by atoms with E-state index in [9.17, 15) is 9.90 Å². The normalized spacial score (nSPS) is 13.1. The fourth-order valence-corrected chi connectivity index (χ4v) is 4.39. The summed E-state index contributed by atoms with van der Waals surface area (Å²) in [5.41, 5.74) is 2.99. The van der Waals surface area contributed by atoms with E-state index in [0.29, 0.717) is 43.4 Å². The molecule has 1 aromatic carbocycles. The molecular weight excluding hydrogens is 410 g/mol. The molecule has 2 N–H and O–H groups in total. The van der Waals surface area contributed by atoms with Gasteiger partial charge in [-0.2, -0.15) is 0 Å². The van der Waals surface area contributed by atoms with Gasteiger partial charge in [0.2, 0.25) is 0 Å². The molecule has 2 heterocycles. The zero-order valence-electron chi connectivity index (χ0n) is 19.0. The largest absolute Gasteiger partial charge is 0.389 e. The van der Waals surface area contributed by atoms with Crippen LogP contribution < -0.4 is 5.56 Å². The Bertz CT molecular complexity index is 1040. The highest BCUT2D eigenvalue weighted by Crippen LogP contribution is 2.30. The molecule has 0 aliphatic heterocycles. The number of fused-ring (bicyclic) bond motifs is 1. The Hall–Kier alpha value is -2.06. The van der Waals surface area contributed by atoms with E-state index < -0.39 is 6.10 Å². The van der Waals surface area contributed by atoms with E-state index >= 15 is 0 Å². The second-order valence-electron chi connectivity index (χ2n) is 8.82. The number of rotatable bonds is 10. The van der Waals surface area contributed by atoms with E-state index in [2.05, 4.69) is 37.6 Å². The van der Waals surface area contributed by atoms with Crippen molar-refractivity contribution in [3.05, 3.63) is 51.4 Å². The van der Waals surface area contributed by atoms with Crippen molar-refractivity contribution >= 4 is 21.6 Å². The first-order valence-electron chi connectivity index (χ1n) is 10.8. The number of benzene rings is 1. The number of aliphatic hydroxyl groups is 1. The van der Waals surface area contributed by atoms with Crippen LogP contribution in [0.25, 0.3) is 21.3 Å². The molecule has 0 aliphatic carbocycles. The number of nitrogens with one attached hydrogen (secondary N) is 1. The summed E-state index contributed by atoms with van der Waals surface area (Å²) in [6.45, 7) is 12.2. The fraction of sp³-hybridized carbons (Fsp3) is 0.500. The van der Waals surface area contributed by atoms with Crippen LogP contribution in [0.5, 0.6) is 0 Å². The van der Waals surface area contributed by atoms with Gasteiger partial charge in [-0.25, -0.2) is 4.98 Å². The van der Waals surface area contributed by atoms with Crippen LogP contribution in [0.3, 0.4) is 0 Å². The van der Waals surface area contributed by atoms with Gasteiger partial charge in [-0.15, -0.1) is 11.3 Å². The molecule has 0 saturated heterocycles. The van der Waals surface area contributed by atoms with Gasteiger partial charge in [0.1, 0.15) is 10.7 Å². The first-order chi connectivity index (χ1) is 14.7. The number of aromatic amines is 1. The van der Waals surface area contributed by atoms with Gasteiger partial charge in [0.25, 0.3) is 5.56 Å². The maximum absolute atomic E-state index is 12.9. The van der Waals surface area contributed by atoms with Gasteiger partial charge in [0.15, 0.2) is 0 Å². The average Bonchev–Trinajstić information content (AvgIpc) is 3.12. The van der Waals surface area contributed by atoms with E-state index in [1.165, 1.54) is 16.9 Å². The summed E-state index contributed by atoms with van der Waals surface area (Å²) in [5, 5.41) is 13.0. The minimum absolute atomic E-state index is 0.124. The summed E-state index contributed by atoms with van der Waals surface area (Å²) in [6, 6.07) is 8.35. The zero-order valence-corrected chi connectivity index (χ0v) is 19.8. The third kappa shape index (κ3) is 6.23. The molecule has 0 aliphatic rings. The van der Waals surface area contributed by atoms with Gasteiger partial charge in [-0.3, -0.25) is 9.69 Å². The predicted octanol–water partition coefficient (Wildman–Crippen LogP) is 4.20. The van der Waals surface area contributed by atoms with Crippen molar-refractivity contribution in [3.8, 4) is 11.1 Å². The van der Waals surface area contributed by atoms with Crippen LogP contribution >= 0.6 is 11.3 Å². The van der Waals surface area contributed by atoms with E-state index in [-0.39, 0.29) is 11.6 Å². The first kappa shape index (κ1) is 23.6. The van der Waals surface area contributed by atoms with Crippen molar-refractivity contribution < 1.29 is 9.84 Å². The van der Waals surface area contributed by atoms with Crippen molar-refractivity contribution in [2.24, 2.45) is 5.92 Å². The molecule has 2 aromatic heterocycles. The summed E-state index contributed by atoms with van der Waals surface area (Å²) in [6.07, 6.45) is -0.591. The van der Waals surface area contributed by atoms with E-state index in [1.807, 2.05) is 36.6 Å². The molecular formula is C24H33N3O3S. The lowest BCUT2D eigenvalue weighted by Crippen LogP contribution is -2.39. The number of hydrogen-bond donors (Lipinski definition) is 2. The fourth-order valence-electron chi connectivity index (χ4n) is 3.43. The summed E-state index contributed by atoms with van der Waals surface area (Å²) < 4.78 is 5.57. The third-order valence-electron chi connectivity index (χ3n) is 5.15. The quantitative estimate of drug-likeness (QED) is 0.491. The number of aromatic nitrogens is 2. The lowest BCUT2D eigenvalue weighted by molar-refractivity contribution is 0.00129. The summed E-state index contributed by atoms with van der Waals surface area (Å²) >= 11 is 1.49. The molecule has 31 heavy (non-hydrogen) atoms. The lowest BCUT2D eigenvalue weighted by Gasteiger charge is -2.28. The van der Waals surface area contributed by atoms with Crippen LogP contribution in [-0.4, -0.2) is 51.9 Å². The van der Waals surface area contributed by atoms with Gasteiger partial charge in [-0.05, 0) is 32.3 Å². The molecule has 0 amide bonds. The number of nitrogens with zero attached hydrogens (tertiary/aromatic N) is 2. The Labute approximate surface area is 187 Å².